The maximum absolute atomic E-state index is 13.2. The third-order valence-corrected chi connectivity index (χ3v) is 5.56. The largest absolute Gasteiger partial charge is 0.484 e. The van der Waals surface area contributed by atoms with Gasteiger partial charge in [0.2, 0.25) is 5.65 Å². The summed E-state index contributed by atoms with van der Waals surface area (Å²) < 4.78 is 52.8. The number of aromatic nitrogens is 5. The van der Waals surface area contributed by atoms with Crippen molar-refractivity contribution < 1.29 is 22.6 Å². The molecular weight excluding hydrogens is 437 g/mol. The Labute approximate surface area is 186 Å². The molecule has 2 unspecified atom stereocenters. The smallest absolute Gasteiger partial charge is 0.416 e. The van der Waals surface area contributed by atoms with Crippen molar-refractivity contribution in [3.8, 4) is 5.75 Å². The van der Waals surface area contributed by atoms with Crippen molar-refractivity contribution in [2.24, 2.45) is 0 Å². The van der Waals surface area contributed by atoms with E-state index in [1.165, 1.54) is 6.07 Å². The highest BCUT2D eigenvalue weighted by Gasteiger charge is 2.31. The molecule has 0 spiro atoms. The molecule has 0 bridgehead atoms. The van der Waals surface area contributed by atoms with Crippen LogP contribution in [0.3, 0.4) is 0 Å². The molecule has 1 N–H and O–H groups in total. The SMILES string of the molecule is Cc1nc(NC(C)c2cccc(C(F)(F)F)c2)c2cc(OC3CCOC3)c3nncn3c2n1. The van der Waals surface area contributed by atoms with Crippen LogP contribution in [0.2, 0.25) is 0 Å². The Balaban J connectivity index is 1.56. The van der Waals surface area contributed by atoms with Crippen molar-refractivity contribution in [3.63, 3.8) is 0 Å². The molecule has 0 amide bonds. The molecule has 0 aliphatic carbocycles. The standard InChI is InChI=1S/C22H21F3N6O2/c1-12(14-4-3-5-15(8-14)22(23,24)25)27-19-17-9-18(33-16-6-7-32-10-16)21-30-26-11-31(21)20(17)29-13(2)28-19/h3-5,8-9,11-12,16H,6-7,10H2,1-2H3,(H,27,28,29). The second-order valence-electron chi connectivity index (χ2n) is 7.98. The molecule has 5 rings (SSSR count). The van der Waals surface area contributed by atoms with Crippen molar-refractivity contribution in [3.05, 3.63) is 53.6 Å². The molecule has 1 saturated heterocycles. The topological polar surface area (TPSA) is 86.5 Å². The number of rotatable bonds is 5. The highest BCUT2D eigenvalue weighted by molar-refractivity contribution is 5.91. The normalized spacial score (nSPS) is 17.5. The highest BCUT2D eigenvalue weighted by atomic mass is 19.4. The average Bonchev–Trinajstić information content (AvgIpc) is 3.46. The molecule has 1 fully saturated rings. The van der Waals surface area contributed by atoms with Crippen LogP contribution in [0.4, 0.5) is 19.0 Å². The van der Waals surface area contributed by atoms with Crippen molar-refractivity contribution in [1.82, 2.24) is 24.6 Å². The van der Waals surface area contributed by atoms with Crippen LogP contribution < -0.4 is 10.1 Å². The first kappa shape index (κ1) is 21.4. The number of fused-ring (bicyclic) bond motifs is 3. The summed E-state index contributed by atoms with van der Waals surface area (Å²) in [5.41, 5.74) is 0.873. The van der Waals surface area contributed by atoms with E-state index in [9.17, 15) is 13.2 Å². The molecule has 172 valence electrons. The molecule has 1 aliphatic heterocycles. The number of halogens is 3. The van der Waals surface area contributed by atoms with Gasteiger partial charge in [0.15, 0.2) is 11.4 Å². The number of aryl methyl sites for hydroxylation is 1. The number of nitrogens with zero attached hydrogens (tertiary/aromatic N) is 5. The Kier molecular flexibility index (Phi) is 5.28. The van der Waals surface area contributed by atoms with Gasteiger partial charge in [0.1, 0.15) is 24.1 Å². The Hall–Kier alpha value is -3.47. The number of pyridine rings is 1. The van der Waals surface area contributed by atoms with E-state index < -0.39 is 17.8 Å². The van der Waals surface area contributed by atoms with E-state index >= 15 is 0 Å². The van der Waals surface area contributed by atoms with Crippen LogP contribution in [0, 0.1) is 6.92 Å². The van der Waals surface area contributed by atoms with Crippen LogP contribution >= 0.6 is 0 Å². The summed E-state index contributed by atoms with van der Waals surface area (Å²) in [7, 11) is 0. The zero-order valence-corrected chi connectivity index (χ0v) is 17.9. The van der Waals surface area contributed by atoms with Gasteiger partial charge in [-0.3, -0.25) is 4.40 Å². The van der Waals surface area contributed by atoms with Gasteiger partial charge >= 0.3 is 6.18 Å². The summed E-state index contributed by atoms with van der Waals surface area (Å²) in [4.78, 5) is 9.06. The van der Waals surface area contributed by atoms with E-state index in [2.05, 4.69) is 25.5 Å². The van der Waals surface area contributed by atoms with Gasteiger partial charge in [0.05, 0.1) is 24.2 Å². The molecule has 2 atom stereocenters. The molecule has 0 radical (unpaired) electrons. The number of anilines is 1. The Morgan fingerprint density at radius 2 is 2.06 bits per heavy atom. The third-order valence-electron chi connectivity index (χ3n) is 5.56. The van der Waals surface area contributed by atoms with Crippen LogP contribution in [-0.2, 0) is 10.9 Å². The van der Waals surface area contributed by atoms with Gasteiger partial charge < -0.3 is 14.8 Å². The number of nitrogens with one attached hydrogen (secondary N) is 1. The minimum Gasteiger partial charge on any atom is -0.484 e. The fraction of sp³-hybridized carbons (Fsp3) is 0.364. The predicted molar refractivity (Wildman–Crippen MR) is 114 cm³/mol. The zero-order valence-electron chi connectivity index (χ0n) is 17.9. The second-order valence-corrected chi connectivity index (χ2v) is 7.98. The first-order valence-corrected chi connectivity index (χ1v) is 10.5. The fourth-order valence-electron chi connectivity index (χ4n) is 3.89. The van der Waals surface area contributed by atoms with Crippen molar-refractivity contribution in [1.29, 1.82) is 0 Å². The fourth-order valence-corrected chi connectivity index (χ4v) is 3.89. The summed E-state index contributed by atoms with van der Waals surface area (Å²) >= 11 is 0. The van der Waals surface area contributed by atoms with Gasteiger partial charge in [-0.1, -0.05) is 12.1 Å². The van der Waals surface area contributed by atoms with Gasteiger partial charge in [-0.25, -0.2) is 9.97 Å². The summed E-state index contributed by atoms with van der Waals surface area (Å²) in [6, 6.07) is 6.58. The minimum absolute atomic E-state index is 0.102. The van der Waals surface area contributed by atoms with Gasteiger partial charge in [0, 0.05) is 12.5 Å². The predicted octanol–water partition coefficient (Wildman–Crippen LogP) is 4.34. The molecule has 3 aromatic heterocycles. The number of alkyl halides is 3. The van der Waals surface area contributed by atoms with Crippen LogP contribution in [0.1, 0.15) is 36.3 Å². The first-order chi connectivity index (χ1) is 15.8. The summed E-state index contributed by atoms with van der Waals surface area (Å²) in [6.45, 7) is 4.64. The lowest BCUT2D eigenvalue weighted by Gasteiger charge is -2.19. The summed E-state index contributed by atoms with van der Waals surface area (Å²) in [5, 5.41) is 12.1. The minimum atomic E-state index is -4.41. The molecule has 4 aromatic rings. The van der Waals surface area contributed by atoms with E-state index in [-0.39, 0.29) is 6.10 Å². The molecule has 8 nitrogen and oxygen atoms in total. The quantitative estimate of drug-likeness (QED) is 0.476. The van der Waals surface area contributed by atoms with Crippen molar-refractivity contribution in [2.75, 3.05) is 18.5 Å². The van der Waals surface area contributed by atoms with E-state index in [1.54, 1.807) is 36.7 Å². The Morgan fingerprint density at radius 3 is 2.82 bits per heavy atom. The lowest BCUT2D eigenvalue weighted by Crippen LogP contribution is -2.17. The molecular formula is C22H21F3N6O2. The van der Waals surface area contributed by atoms with Gasteiger partial charge in [-0.15, -0.1) is 10.2 Å². The van der Waals surface area contributed by atoms with Crippen LogP contribution in [0.5, 0.6) is 5.75 Å². The van der Waals surface area contributed by atoms with Crippen molar-refractivity contribution >= 4 is 22.5 Å². The molecule has 4 heterocycles. The molecule has 11 heteroatoms. The lowest BCUT2D eigenvalue weighted by molar-refractivity contribution is -0.137. The van der Waals surface area contributed by atoms with Gasteiger partial charge in [-0.2, -0.15) is 13.2 Å². The highest BCUT2D eigenvalue weighted by Crippen LogP contribution is 2.34. The maximum atomic E-state index is 13.2. The zero-order chi connectivity index (χ0) is 23.2. The van der Waals surface area contributed by atoms with Crippen LogP contribution in [-0.4, -0.2) is 43.9 Å². The summed E-state index contributed by atoms with van der Waals surface area (Å²) in [5.74, 6) is 1.48. The molecule has 1 aromatic carbocycles. The van der Waals surface area contributed by atoms with Gasteiger partial charge in [-0.05, 0) is 37.6 Å². The lowest BCUT2D eigenvalue weighted by atomic mass is 10.0. The number of hydrogen-bond donors (Lipinski definition) is 1. The first-order valence-electron chi connectivity index (χ1n) is 10.5. The van der Waals surface area contributed by atoms with Crippen LogP contribution in [0.15, 0.2) is 36.7 Å². The Morgan fingerprint density at radius 1 is 1.21 bits per heavy atom. The van der Waals surface area contributed by atoms with E-state index in [0.29, 0.717) is 52.8 Å². The monoisotopic (exact) mass is 458 g/mol. The molecule has 1 aliphatic rings. The maximum Gasteiger partial charge on any atom is 0.416 e. The molecule has 33 heavy (non-hydrogen) atoms. The summed E-state index contributed by atoms with van der Waals surface area (Å²) in [6.07, 6.45) is -2.21. The number of ether oxygens (including phenoxy) is 2. The average molecular weight is 458 g/mol. The third kappa shape index (κ3) is 4.15. The van der Waals surface area contributed by atoms with E-state index in [1.807, 2.05) is 0 Å². The number of benzene rings is 1. The Bertz CT molecular complexity index is 1320. The molecule has 0 saturated carbocycles. The van der Waals surface area contributed by atoms with Crippen molar-refractivity contribution in [2.45, 2.75) is 38.6 Å². The van der Waals surface area contributed by atoms with E-state index in [0.717, 1.165) is 18.6 Å². The number of hydrogen-bond acceptors (Lipinski definition) is 7. The van der Waals surface area contributed by atoms with Crippen LogP contribution in [0.25, 0.3) is 16.7 Å². The van der Waals surface area contributed by atoms with Gasteiger partial charge in [0.25, 0.3) is 0 Å². The van der Waals surface area contributed by atoms with E-state index in [4.69, 9.17) is 9.47 Å². The second kappa shape index (κ2) is 8.14.